The molecule has 2 bridgehead atoms. The highest BCUT2D eigenvalue weighted by atomic mass is 32.2. The van der Waals surface area contributed by atoms with Crippen LogP contribution in [0.2, 0.25) is 0 Å². The van der Waals surface area contributed by atoms with E-state index in [9.17, 15) is 40.4 Å². The van der Waals surface area contributed by atoms with Gasteiger partial charge >= 0.3 is 11.5 Å². The number of hydrogen-bond acceptors (Lipinski definition) is 7. The molecule has 0 radical (unpaired) electrons. The second kappa shape index (κ2) is 12.5. The number of carbonyl (C=O) groups is 3. The summed E-state index contributed by atoms with van der Waals surface area (Å²) in [6.07, 6.45) is 4.14. The number of halogens is 4. The summed E-state index contributed by atoms with van der Waals surface area (Å²) in [4.78, 5) is 36.9. The lowest BCUT2D eigenvalue weighted by molar-refractivity contribution is -0.121. The van der Waals surface area contributed by atoms with Crippen LogP contribution in [-0.4, -0.2) is 50.0 Å². The van der Waals surface area contributed by atoms with Gasteiger partial charge in [-0.2, -0.15) is 13.2 Å². The van der Waals surface area contributed by atoms with Crippen LogP contribution in [0.4, 0.5) is 23.2 Å². The van der Waals surface area contributed by atoms with Crippen LogP contribution in [0.3, 0.4) is 0 Å². The number of sulfone groups is 1. The minimum atomic E-state index is -5.65. The molecule has 46 heavy (non-hydrogen) atoms. The van der Waals surface area contributed by atoms with Gasteiger partial charge in [0.15, 0.2) is 11.6 Å². The zero-order valence-corrected chi connectivity index (χ0v) is 24.7. The molecule has 0 spiro atoms. The molecule has 2 amide bonds. The normalized spacial score (nSPS) is 20.3. The van der Waals surface area contributed by atoms with Gasteiger partial charge in [0, 0.05) is 17.8 Å². The third-order valence-electron chi connectivity index (χ3n) is 7.87. The number of fused-ring (bicyclic) bond motifs is 2. The minimum absolute atomic E-state index is 0.0590. The topological polar surface area (TPSA) is 148 Å². The Morgan fingerprint density at radius 1 is 0.978 bits per heavy atom. The quantitative estimate of drug-likeness (QED) is 0.204. The fourth-order valence-electron chi connectivity index (χ4n) is 5.60. The summed E-state index contributed by atoms with van der Waals surface area (Å²) >= 11 is 0. The number of aromatic carboxylic acids is 1. The van der Waals surface area contributed by atoms with Crippen molar-refractivity contribution in [2.45, 2.75) is 29.5 Å². The molecule has 1 fully saturated rings. The number of allylic oxidation sites excluding steroid dienone is 1. The maximum Gasteiger partial charge on any atom is 0.501 e. The van der Waals surface area contributed by atoms with Crippen LogP contribution in [0.15, 0.2) is 77.7 Å². The lowest BCUT2D eigenvalue weighted by atomic mass is 9.87. The first-order chi connectivity index (χ1) is 21.7. The monoisotopic (exact) mass is 662 g/mol. The number of nitrogens with one attached hydrogen (secondary N) is 2. The molecule has 5 rings (SSSR count). The zero-order valence-electron chi connectivity index (χ0n) is 23.9. The van der Waals surface area contributed by atoms with Gasteiger partial charge in [0.1, 0.15) is 12.4 Å². The maximum atomic E-state index is 14.8. The van der Waals surface area contributed by atoms with Crippen LogP contribution < -0.4 is 20.1 Å². The molecule has 15 heteroatoms. The van der Waals surface area contributed by atoms with Gasteiger partial charge in [-0.25, -0.2) is 17.6 Å². The second-order valence-corrected chi connectivity index (χ2v) is 12.7. The molecular formula is C31H26F4N2O8S. The van der Waals surface area contributed by atoms with Crippen LogP contribution in [0, 0.1) is 23.6 Å². The Balaban J connectivity index is 1.33. The summed E-state index contributed by atoms with van der Waals surface area (Å²) in [5, 5.41) is 14.3. The van der Waals surface area contributed by atoms with Crippen LogP contribution in [-0.2, 0) is 21.2 Å². The molecular weight excluding hydrogens is 636 g/mol. The smallest absolute Gasteiger partial charge is 0.496 e. The highest BCUT2D eigenvalue weighted by Gasteiger charge is 2.49. The molecule has 10 nitrogen and oxygen atoms in total. The Morgan fingerprint density at radius 2 is 1.67 bits per heavy atom. The summed E-state index contributed by atoms with van der Waals surface area (Å²) < 4.78 is 88.5. The number of carboxylic acids is 1. The number of carbonyl (C=O) groups excluding carboxylic acids is 2. The Hall–Kier alpha value is -4.92. The number of hydrogen-bond donors (Lipinski definition) is 3. The number of methoxy groups -OCH3 is 1. The van der Waals surface area contributed by atoms with Crippen LogP contribution in [0.1, 0.15) is 32.7 Å². The van der Waals surface area contributed by atoms with E-state index in [0.29, 0.717) is 18.1 Å². The molecule has 4 atom stereocenters. The van der Waals surface area contributed by atoms with Gasteiger partial charge in [0.25, 0.3) is 15.7 Å². The summed E-state index contributed by atoms with van der Waals surface area (Å²) in [5.41, 5.74) is -5.21. The molecule has 2 aliphatic rings. The number of benzene rings is 3. The van der Waals surface area contributed by atoms with E-state index in [0.717, 1.165) is 24.3 Å². The number of ether oxygens (including phenoxy) is 2. The Labute approximate surface area is 259 Å². The SMILES string of the molecule is COc1cc(F)c(OCc2ccc(C(=O)O)cc2)cc1C(=O)N[C@@H]1[C@H](C(=O)Nc2cccc(S(=O)(=O)C(F)(F)F)c2)[C@H]2C=C[C@@H]1C2. The van der Waals surface area contributed by atoms with Gasteiger partial charge in [-0.05, 0) is 60.2 Å². The maximum absolute atomic E-state index is 14.8. The van der Waals surface area contributed by atoms with E-state index >= 15 is 0 Å². The van der Waals surface area contributed by atoms with Crippen molar-refractivity contribution in [2.24, 2.45) is 17.8 Å². The van der Waals surface area contributed by atoms with Gasteiger partial charge in [-0.3, -0.25) is 9.59 Å². The van der Waals surface area contributed by atoms with E-state index in [-0.39, 0.29) is 46.8 Å². The van der Waals surface area contributed by atoms with Crippen molar-refractivity contribution in [3.63, 3.8) is 0 Å². The molecule has 3 aromatic carbocycles. The van der Waals surface area contributed by atoms with Gasteiger partial charge in [0.05, 0.1) is 29.1 Å². The first-order valence-electron chi connectivity index (χ1n) is 13.7. The molecule has 2 aliphatic carbocycles. The number of amides is 2. The van der Waals surface area contributed by atoms with Gasteiger partial charge in [0.2, 0.25) is 5.91 Å². The molecule has 3 aromatic rings. The summed E-state index contributed by atoms with van der Waals surface area (Å²) in [6.45, 7) is -0.144. The van der Waals surface area contributed by atoms with E-state index in [1.54, 1.807) is 6.08 Å². The van der Waals surface area contributed by atoms with Crippen molar-refractivity contribution in [3.8, 4) is 11.5 Å². The third-order valence-corrected chi connectivity index (χ3v) is 9.35. The second-order valence-electron chi connectivity index (χ2n) is 10.7. The van der Waals surface area contributed by atoms with Crippen LogP contribution in [0.25, 0.3) is 0 Å². The first kappa shape index (κ1) is 32.5. The van der Waals surface area contributed by atoms with Crippen LogP contribution >= 0.6 is 0 Å². The van der Waals surface area contributed by atoms with Crippen molar-refractivity contribution < 1.29 is 54.9 Å². The standard InChI is InChI=1S/C31H26F4N2O8S/c1-44-24-14-23(32)25(45-15-16-5-7-17(8-6-16)30(40)41)13-22(24)28(38)37-27-19-10-9-18(11-19)26(27)29(39)36-20-3-2-4-21(12-20)46(42,43)31(33,34)35/h2-10,12-14,18-19,26-27H,11,15H2,1H3,(H,36,39)(H,37,38)(H,40,41)/t18-,19+,26+,27-/m0/s1. The van der Waals surface area contributed by atoms with Crippen molar-refractivity contribution in [3.05, 3.63) is 95.3 Å². The minimum Gasteiger partial charge on any atom is -0.496 e. The zero-order chi connectivity index (χ0) is 33.4. The van der Waals surface area contributed by atoms with E-state index in [4.69, 9.17) is 14.6 Å². The molecule has 0 heterocycles. The highest BCUT2D eigenvalue weighted by molar-refractivity contribution is 7.92. The van der Waals surface area contributed by atoms with E-state index in [1.165, 1.54) is 37.4 Å². The third kappa shape index (κ3) is 6.40. The molecule has 0 saturated heterocycles. The van der Waals surface area contributed by atoms with E-state index < -0.39 is 55.8 Å². The van der Waals surface area contributed by atoms with Gasteiger partial charge in [-0.15, -0.1) is 0 Å². The first-order valence-corrected chi connectivity index (χ1v) is 15.2. The van der Waals surface area contributed by atoms with Crippen LogP contribution in [0.5, 0.6) is 11.5 Å². The summed E-state index contributed by atoms with van der Waals surface area (Å²) in [7, 11) is -4.41. The fraction of sp³-hybridized carbons (Fsp3) is 0.258. The molecule has 0 aromatic heterocycles. The number of alkyl halides is 3. The van der Waals surface area contributed by atoms with Crippen molar-refractivity contribution in [1.82, 2.24) is 5.32 Å². The number of rotatable bonds is 10. The van der Waals surface area contributed by atoms with E-state index in [2.05, 4.69) is 10.6 Å². The average molecular weight is 663 g/mol. The average Bonchev–Trinajstić information content (AvgIpc) is 3.62. The lowest BCUT2D eigenvalue weighted by Gasteiger charge is -2.28. The predicted molar refractivity (Wildman–Crippen MR) is 154 cm³/mol. The Morgan fingerprint density at radius 3 is 2.33 bits per heavy atom. The fourth-order valence-corrected chi connectivity index (χ4v) is 6.41. The van der Waals surface area contributed by atoms with E-state index in [1.807, 2.05) is 6.08 Å². The summed E-state index contributed by atoms with van der Waals surface area (Å²) in [5.74, 6) is -5.15. The Bertz CT molecular complexity index is 1830. The molecule has 3 N–H and O–H groups in total. The molecule has 242 valence electrons. The molecule has 0 unspecified atom stereocenters. The van der Waals surface area contributed by atoms with Gasteiger partial charge in [-0.1, -0.05) is 30.4 Å². The molecule has 1 saturated carbocycles. The Kier molecular flexibility index (Phi) is 8.80. The number of carboxylic acid groups (broad SMARTS) is 1. The number of anilines is 1. The van der Waals surface area contributed by atoms with Crippen molar-refractivity contribution in [2.75, 3.05) is 12.4 Å². The van der Waals surface area contributed by atoms with Gasteiger partial charge < -0.3 is 25.2 Å². The molecule has 0 aliphatic heterocycles. The summed E-state index contributed by atoms with van der Waals surface area (Å²) in [6, 6.07) is 10.9. The largest absolute Gasteiger partial charge is 0.501 e. The van der Waals surface area contributed by atoms with Crippen molar-refractivity contribution >= 4 is 33.3 Å². The lowest BCUT2D eigenvalue weighted by Crippen LogP contribution is -2.47. The van der Waals surface area contributed by atoms with Crippen molar-refractivity contribution in [1.29, 1.82) is 0 Å². The predicted octanol–water partition coefficient (Wildman–Crippen LogP) is 4.96. The highest BCUT2D eigenvalue weighted by Crippen LogP contribution is 2.45.